The number of nitrogens with one attached hydrogen (secondary N) is 1. The van der Waals surface area contributed by atoms with Crippen molar-refractivity contribution in [2.75, 3.05) is 17.2 Å². The second-order valence-electron chi connectivity index (χ2n) is 9.49. The van der Waals surface area contributed by atoms with E-state index in [9.17, 15) is 9.59 Å². The van der Waals surface area contributed by atoms with E-state index in [1.165, 1.54) is 0 Å². The summed E-state index contributed by atoms with van der Waals surface area (Å²) in [5.74, 6) is 0.509. The average molecular weight is 424 g/mol. The van der Waals surface area contributed by atoms with E-state index in [1.807, 2.05) is 61.2 Å². The summed E-state index contributed by atoms with van der Waals surface area (Å²) in [5, 5.41) is 2.81. The van der Waals surface area contributed by atoms with Crippen LogP contribution in [0, 0.1) is 0 Å². The van der Waals surface area contributed by atoms with Gasteiger partial charge in [-0.1, -0.05) is 19.1 Å². The van der Waals surface area contributed by atoms with Crippen LogP contribution in [0.4, 0.5) is 11.4 Å². The van der Waals surface area contributed by atoms with Crippen LogP contribution in [-0.2, 0) is 15.0 Å². The highest BCUT2D eigenvalue weighted by molar-refractivity contribution is 5.95. The van der Waals surface area contributed by atoms with Crippen LogP contribution in [0.25, 0.3) is 0 Å². The Balaban J connectivity index is 1.94. The van der Waals surface area contributed by atoms with E-state index in [1.54, 1.807) is 6.92 Å². The molecule has 0 aromatic heterocycles. The fraction of sp³-hybridized carbons (Fsp3) is 0.440. The van der Waals surface area contributed by atoms with Crippen LogP contribution >= 0.6 is 0 Å². The van der Waals surface area contributed by atoms with E-state index in [0.717, 1.165) is 23.2 Å². The summed E-state index contributed by atoms with van der Waals surface area (Å²) in [4.78, 5) is 26.2. The van der Waals surface area contributed by atoms with Crippen molar-refractivity contribution in [3.05, 3.63) is 53.6 Å². The standard InChI is InChI=1S/C25H33N3O3/c1-16(2)27-23(30)14-31-20-10-7-18(8-11-20)25(6)15-24(4,5)28(17(3)29)22-12-9-19(26)13-21(22)25/h7-13,16H,14-15,26H2,1-6H3,(H,27,30). The molecule has 0 radical (unpaired) electrons. The molecule has 2 amide bonds. The molecule has 1 atom stereocenters. The topological polar surface area (TPSA) is 84.7 Å². The van der Waals surface area contributed by atoms with E-state index in [2.05, 4.69) is 26.1 Å². The monoisotopic (exact) mass is 423 g/mol. The minimum absolute atomic E-state index is 0.0153. The van der Waals surface area contributed by atoms with Crippen LogP contribution < -0.4 is 20.7 Å². The maximum Gasteiger partial charge on any atom is 0.258 e. The van der Waals surface area contributed by atoms with Crippen molar-refractivity contribution in [2.45, 2.75) is 65.0 Å². The zero-order valence-electron chi connectivity index (χ0n) is 19.3. The molecule has 1 aliphatic heterocycles. The van der Waals surface area contributed by atoms with Crippen LogP contribution in [0.5, 0.6) is 5.75 Å². The smallest absolute Gasteiger partial charge is 0.258 e. The van der Waals surface area contributed by atoms with Crippen molar-refractivity contribution in [3.8, 4) is 5.75 Å². The van der Waals surface area contributed by atoms with Crippen LogP contribution in [0.1, 0.15) is 59.1 Å². The third kappa shape index (κ3) is 4.53. The number of carbonyl (C=O) groups is 2. The summed E-state index contributed by atoms with van der Waals surface area (Å²) in [5.41, 5.74) is 9.13. The van der Waals surface area contributed by atoms with Crippen molar-refractivity contribution in [1.29, 1.82) is 0 Å². The molecule has 1 aliphatic rings. The Morgan fingerprint density at radius 2 is 1.77 bits per heavy atom. The summed E-state index contributed by atoms with van der Waals surface area (Å²) in [6.07, 6.45) is 0.743. The quantitative estimate of drug-likeness (QED) is 0.712. The molecule has 0 bridgehead atoms. The molecular formula is C25H33N3O3. The number of anilines is 2. The van der Waals surface area contributed by atoms with E-state index in [-0.39, 0.29) is 35.4 Å². The minimum Gasteiger partial charge on any atom is -0.484 e. The van der Waals surface area contributed by atoms with Gasteiger partial charge in [0.25, 0.3) is 5.91 Å². The van der Waals surface area contributed by atoms with Gasteiger partial charge in [0.2, 0.25) is 5.91 Å². The third-order valence-electron chi connectivity index (χ3n) is 5.87. The molecule has 3 rings (SSSR count). The molecule has 6 nitrogen and oxygen atoms in total. The van der Waals surface area contributed by atoms with Gasteiger partial charge in [-0.05, 0) is 75.6 Å². The maximum atomic E-state index is 12.5. The fourth-order valence-electron chi connectivity index (χ4n) is 4.84. The molecule has 0 saturated heterocycles. The average Bonchev–Trinajstić information content (AvgIpc) is 2.66. The summed E-state index contributed by atoms with van der Waals surface area (Å²) >= 11 is 0. The van der Waals surface area contributed by atoms with Crippen LogP contribution in [-0.4, -0.2) is 30.0 Å². The summed E-state index contributed by atoms with van der Waals surface area (Å²) < 4.78 is 5.64. The number of nitrogen functional groups attached to an aromatic ring is 1. The normalized spacial score (nSPS) is 19.6. The van der Waals surface area contributed by atoms with Crippen molar-refractivity contribution < 1.29 is 14.3 Å². The van der Waals surface area contributed by atoms with E-state index < -0.39 is 0 Å². The Morgan fingerprint density at radius 3 is 2.35 bits per heavy atom. The molecule has 1 unspecified atom stereocenters. The highest BCUT2D eigenvalue weighted by atomic mass is 16.5. The lowest BCUT2D eigenvalue weighted by Gasteiger charge is -2.51. The first kappa shape index (κ1) is 22.7. The number of amides is 2. The van der Waals surface area contributed by atoms with Gasteiger partial charge >= 0.3 is 0 Å². The van der Waals surface area contributed by atoms with Gasteiger partial charge in [-0.25, -0.2) is 0 Å². The summed E-state index contributed by atoms with van der Waals surface area (Å²) in [7, 11) is 0. The molecule has 31 heavy (non-hydrogen) atoms. The first-order chi connectivity index (χ1) is 14.4. The first-order valence-corrected chi connectivity index (χ1v) is 10.7. The minimum atomic E-state index is -0.367. The van der Waals surface area contributed by atoms with Gasteiger partial charge in [-0.3, -0.25) is 9.59 Å². The molecule has 1 heterocycles. The van der Waals surface area contributed by atoms with Gasteiger partial charge in [0.15, 0.2) is 6.61 Å². The molecule has 6 heteroatoms. The predicted molar refractivity (Wildman–Crippen MR) is 124 cm³/mol. The number of nitrogens with two attached hydrogens (primary N) is 1. The number of fused-ring (bicyclic) bond motifs is 1. The molecule has 2 aromatic rings. The molecule has 0 fully saturated rings. The number of hydrogen-bond donors (Lipinski definition) is 2. The lowest BCUT2D eigenvalue weighted by molar-refractivity contribution is -0.123. The Morgan fingerprint density at radius 1 is 1.13 bits per heavy atom. The van der Waals surface area contributed by atoms with Crippen molar-refractivity contribution in [3.63, 3.8) is 0 Å². The first-order valence-electron chi connectivity index (χ1n) is 10.7. The zero-order valence-corrected chi connectivity index (χ0v) is 19.3. The van der Waals surface area contributed by atoms with Gasteiger partial charge in [0.1, 0.15) is 5.75 Å². The highest BCUT2D eigenvalue weighted by Crippen LogP contribution is 2.51. The Labute approximate surface area is 184 Å². The number of ether oxygens (including phenoxy) is 1. The maximum absolute atomic E-state index is 12.5. The van der Waals surface area contributed by atoms with E-state index in [4.69, 9.17) is 10.5 Å². The van der Waals surface area contributed by atoms with E-state index in [0.29, 0.717) is 11.4 Å². The Kier molecular flexibility index (Phi) is 6.03. The predicted octanol–water partition coefficient (Wildman–Crippen LogP) is 4.01. The molecular weight excluding hydrogens is 390 g/mol. The number of hydrogen-bond acceptors (Lipinski definition) is 4. The summed E-state index contributed by atoms with van der Waals surface area (Å²) in [6.45, 7) is 11.8. The summed E-state index contributed by atoms with van der Waals surface area (Å²) in [6, 6.07) is 13.7. The number of rotatable bonds is 5. The molecule has 0 aliphatic carbocycles. The zero-order chi connectivity index (χ0) is 23.0. The highest BCUT2D eigenvalue weighted by Gasteiger charge is 2.47. The van der Waals surface area contributed by atoms with Gasteiger partial charge in [0, 0.05) is 35.3 Å². The fourth-order valence-corrected chi connectivity index (χ4v) is 4.84. The number of benzene rings is 2. The SMILES string of the molecule is CC(=O)N1c2ccc(N)cc2C(C)(c2ccc(OCC(=O)NC(C)C)cc2)CC1(C)C. The molecule has 3 N–H and O–H groups in total. The lowest BCUT2D eigenvalue weighted by atomic mass is 9.65. The molecule has 0 spiro atoms. The Hall–Kier alpha value is -3.02. The Bertz CT molecular complexity index is 982. The van der Waals surface area contributed by atoms with Gasteiger partial charge in [0.05, 0.1) is 0 Å². The number of carbonyl (C=O) groups excluding carboxylic acids is 2. The van der Waals surface area contributed by atoms with Gasteiger partial charge in [-0.2, -0.15) is 0 Å². The van der Waals surface area contributed by atoms with Crippen molar-refractivity contribution >= 4 is 23.2 Å². The van der Waals surface area contributed by atoms with Crippen LogP contribution in [0.15, 0.2) is 42.5 Å². The van der Waals surface area contributed by atoms with Crippen LogP contribution in [0.3, 0.4) is 0 Å². The molecule has 0 saturated carbocycles. The van der Waals surface area contributed by atoms with E-state index >= 15 is 0 Å². The van der Waals surface area contributed by atoms with Crippen molar-refractivity contribution in [2.24, 2.45) is 0 Å². The van der Waals surface area contributed by atoms with Gasteiger partial charge < -0.3 is 20.7 Å². The van der Waals surface area contributed by atoms with Crippen LogP contribution in [0.2, 0.25) is 0 Å². The lowest BCUT2D eigenvalue weighted by Crippen LogP contribution is -2.55. The second kappa shape index (κ2) is 8.25. The van der Waals surface area contributed by atoms with Gasteiger partial charge in [-0.15, -0.1) is 0 Å². The third-order valence-corrected chi connectivity index (χ3v) is 5.87. The molecule has 166 valence electrons. The largest absolute Gasteiger partial charge is 0.484 e. The van der Waals surface area contributed by atoms with Crippen molar-refractivity contribution in [1.82, 2.24) is 5.32 Å². The molecule has 2 aromatic carbocycles. The second-order valence-corrected chi connectivity index (χ2v) is 9.49. The number of nitrogens with zero attached hydrogens (tertiary/aromatic N) is 1.